The Hall–Kier alpha value is -2.27. The first-order chi connectivity index (χ1) is 15.5. The molecule has 10 nitrogen and oxygen atoms in total. The molecule has 2 bridgehead atoms. The van der Waals surface area contributed by atoms with Crippen molar-refractivity contribution in [3.8, 4) is 0 Å². The van der Waals surface area contributed by atoms with E-state index in [2.05, 4.69) is 0 Å². The van der Waals surface area contributed by atoms with Crippen LogP contribution < -0.4 is 0 Å². The zero-order chi connectivity index (χ0) is 23.7. The van der Waals surface area contributed by atoms with Gasteiger partial charge in [-0.3, -0.25) is 0 Å². The third-order valence-corrected chi connectivity index (χ3v) is 9.45. The van der Waals surface area contributed by atoms with Gasteiger partial charge < -0.3 is 34.3 Å². The Kier molecular flexibility index (Phi) is 4.02. The molecule has 0 amide bonds. The van der Waals surface area contributed by atoms with Crippen LogP contribution in [0.15, 0.2) is 23.5 Å². The Morgan fingerprint density at radius 3 is 2.64 bits per heavy atom. The number of allylic oxidation sites excluding steroid dienone is 2. The van der Waals surface area contributed by atoms with Gasteiger partial charge in [-0.05, 0) is 29.7 Å². The van der Waals surface area contributed by atoms with Crippen LogP contribution in [0.5, 0.6) is 0 Å². The van der Waals surface area contributed by atoms with Gasteiger partial charge in [-0.2, -0.15) is 0 Å². The largest absolute Gasteiger partial charge is 0.467 e. The molecule has 3 heterocycles. The van der Waals surface area contributed by atoms with Crippen molar-refractivity contribution in [2.24, 2.45) is 34.5 Å². The van der Waals surface area contributed by atoms with Crippen LogP contribution in [0.1, 0.15) is 20.3 Å². The van der Waals surface area contributed by atoms with Crippen molar-refractivity contribution in [2.45, 2.75) is 50.3 Å². The number of esters is 3. The molecule has 4 fully saturated rings. The van der Waals surface area contributed by atoms with E-state index in [0.717, 1.165) is 12.7 Å². The fourth-order valence-electron chi connectivity index (χ4n) is 8.31. The molecule has 6 aliphatic rings. The SMILES string of the molecule is COC(=O)[C@]12OC[C@@]34C(C[C@H]5[C@H](C)C6=CC(=O)OC6=C[C@]5(C)[C@H]3C(O)[C@@H]1O)OC(=O)C(O)C42. The van der Waals surface area contributed by atoms with Gasteiger partial charge in [0.15, 0.2) is 11.7 Å². The molecule has 2 saturated carbocycles. The van der Waals surface area contributed by atoms with Crippen molar-refractivity contribution in [1.29, 1.82) is 0 Å². The molecule has 10 heteroatoms. The smallest absolute Gasteiger partial charge is 0.341 e. The summed E-state index contributed by atoms with van der Waals surface area (Å²) in [7, 11) is 1.12. The van der Waals surface area contributed by atoms with Gasteiger partial charge in [0, 0.05) is 23.0 Å². The number of carbonyl (C=O) groups is 3. The lowest BCUT2D eigenvalue weighted by molar-refractivity contribution is -0.287. The molecule has 1 spiro atoms. The van der Waals surface area contributed by atoms with Gasteiger partial charge in [-0.15, -0.1) is 0 Å². The number of methoxy groups -OCH3 is 1. The maximum Gasteiger partial charge on any atom is 0.341 e. The number of aliphatic hydroxyl groups is 3. The van der Waals surface area contributed by atoms with Gasteiger partial charge in [0.2, 0.25) is 0 Å². The number of aliphatic hydroxyl groups excluding tert-OH is 3. The summed E-state index contributed by atoms with van der Waals surface area (Å²) in [5.74, 6) is -4.21. The highest BCUT2D eigenvalue weighted by molar-refractivity contribution is 5.89. The van der Waals surface area contributed by atoms with Crippen LogP contribution >= 0.6 is 0 Å². The minimum Gasteiger partial charge on any atom is -0.467 e. The molecular formula is C23H26O10. The number of carbonyl (C=O) groups excluding carboxylic acids is 3. The molecule has 3 aliphatic carbocycles. The minimum absolute atomic E-state index is 0.122. The Balaban J connectivity index is 1.60. The van der Waals surface area contributed by atoms with Gasteiger partial charge in [0.25, 0.3) is 0 Å². The lowest BCUT2D eigenvalue weighted by atomic mass is 9.38. The predicted molar refractivity (Wildman–Crippen MR) is 106 cm³/mol. The van der Waals surface area contributed by atoms with Crippen LogP contribution in [0.3, 0.4) is 0 Å². The maximum absolute atomic E-state index is 13.0. The highest BCUT2D eigenvalue weighted by Crippen LogP contribution is 2.72. The van der Waals surface area contributed by atoms with E-state index in [4.69, 9.17) is 18.9 Å². The normalized spacial score (nSPS) is 53.6. The van der Waals surface area contributed by atoms with Gasteiger partial charge in [0.1, 0.15) is 18.0 Å². The van der Waals surface area contributed by atoms with Gasteiger partial charge in [-0.1, -0.05) is 13.8 Å². The van der Waals surface area contributed by atoms with Crippen LogP contribution in [0.25, 0.3) is 0 Å². The standard InChI is InChI=1S/C23H26O10/c1-8-9-4-13(24)32-11(9)6-21(2)10(8)5-12-22-7-31-23(20(29)30-3,18(27)14(25)16(21)22)17(22)15(26)19(28)33-12/h4,6,8,10,12,14-18,25-27H,5,7H2,1-3H3/t8-,10+,12?,14?,15?,16-,17?,18+,21+,22-,23-/m1/s1. The zero-order valence-corrected chi connectivity index (χ0v) is 18.4. The second-order valence-corrected chi connectivity index (χ2v) is 10.5. The van der Waals surface area contributed by atoms with E-state index in [1.807, 2.05) is 19.9 Å². The average Bonchev–Trinajstić information content (AvgIpc) is 3.29. The Bertz CT molecular complexity index is 1050. The molecule has 6 rings (SSSR count). The van der Waals surface area contributed by atoms with E-state index >= 15 is 0 Å². The Morgan fingerprint density at radius 2 is 1.94 bits per heavy atom. The first-order valence-corrected chi connectivity index (χ1v) is 11.2. The van der Waals surface area contributed by atoms with E-state index < -0.39 is 70.6 Å². The summed E-state index contributed by atoms with van der Waals surface area (Å²) in [6.07, 6.45) is -2.12. The molecule has 11 atom stereocenters. The van der Waals surface area contributed by atoms with Crippen LogP contribution in [0, 0.1) is 34.5 Å². The van der Waals surface area contributed by atoms with E-state index in [0.29, 0.717) is 12.2 Å². The Morgan fingerprint density at radius 1 is 1.21 bits per heavy atom. The highest BCUT2D eigenvalue weighted by atomic mass is 16.6. The third kappa shape index (κ3) is 2.12. The van der Waals surface area contributed by atoms with E-state index in [9.17, 15) is 29.7 Å². The molecule has 0 aromatic carbocycles. The van der Waals surface area contributed by atoms with Crippen LogP contribution in [-0.2, 0) is 33.3 Å². The van der Waals surface area contributed by atoms with Gasteiger partial charge in [-0.25, -0.2) is 14.4 Å². The number of rotatable bonds is 1. The lowest BCUT2D eigenvalue weighted by Gasteiger charge is -2.67. The van der Waals surface area contributed by atoms with Crippen LogP contribution in [0.4, 0.5) is 0 Å². The fourth-order valence-corrected chi connectivity index (χ4v) is 8.31. The molecule has 33 heavy (non-hydrogen) atoms. The van der Waals surface area contributed by atoms with Crippen molar-refractivity contribution in [2.75, 3.05) is 13.7 Å². The molecule has 2 saturated heterocycles. The number of ether oxygens (including phenoxy) is 4. The first kappa shape index (κ1) is 21.3. The van der Waals surface area contributed by atoms with Gasteiger partial charge in [0.05, 0.1) is 25.7 Å². The summed E-state index contributed by atoms with van der Waals surface area (Å²) >= 11 is 0. The fraction of sp³-hybridized carbons (Fsp3) is 0.696. The van der Waals surface area contributed by atoms with E-state index in [1.165, 1.54) is 6.08 Å². The highest BCUT2D eigenvalue weighted by Gasteiger charge is 2.84. The first-order valence-electron chi connectivity index (χ1n) is 11.2. The molecule has 0 aromatic heterocycles. The predicted octanol–water partition coefficient (Wildman–Crippen LogP) is -0.788. The molecular weight excluding hydrogens is 436 g/mol. The molecule has 0 radical (unpaired) electrons. The number of hydrogen-bond donors (Lipinski definition) is 3. The molecule has 4 unspecified atom stereocenters. The zero-order valence-electron chi connectivity index (χ0n) is 18.4. The Labute approximate surface area is 189 Å². The van der Waals surface area contributed by atoms with Crippen molar-refractivity contribution >= 4 is 17.9 Å². The van der Waals surface area contributed by atoms with Crippen molar-refractivity contribution in [3.05, 3.63) is 23.5 Å². The molecule has 178 valence electrons. The lowest BCUT2D eigenvalue weighted by Crippen LogP contribution is -2.78. The van der Waals surface area contributed by atoms with Crippen molar-refractivity contribution < 1.29 is 48.7 Å². The summed E-state index contributed by atoms with van der Waals surface area (Å²) in [4.78, 5) is 37.7. The average molecular weight is 462 g/mol. The topological polar surface area (TPSA) is 149 Å². The third-order valence-electron chi connectivity index (χ3n) is 9.45. The monoisotopic (exact) mass is 462 g/mol. The maximum atomic E-state index is 13.0. The van der Waals surface area contributed by atoms with Gasteiger partial charge >= 0.3 is 17.9 Å². The second kappa shape index (κ2) is 6.24. The summed E-state index contributed by atoms with van der Waals surface area (Å²) in [5, 5.41) is 33.8. The van der Waals surface area contributed by atoms with Crippen LogP contribution in [-0.4, -0.2) is 77.0 Å². The van der Waals surface area contributed by atoms with E-state index in [-0.39, 0.29) is 18.4 Å². The van der Waals surface area contributed by atoms with Crippen LogP contribution in [0.2, 0.25) is 0 Å². The van der Waals surface area contributed by atoms with E-state index in [1.54, 1.807) is 0 Å². The molecule has 3 aliphatic heterocycles. The van der Waals surface area contributed by atoms with Crippen molar-refractivity contribution in [3.63, 3.8) is 0 Å². The number of fused-ring (bicyclic) bond motifs is 3. The van der Waals surface area contributed by atoms with Crippen molar-refractivity contribution in [1.82, 2.24) is 0 Å². The second-order valence-electron chi connectivity index (χ2n) is 10.5. The summed E-state index contributed by atoms with van der Waals surface area (Å²) in [5.41, 5.74) is -3.35. The molecule has 3 N–H and O–H groups in total. The summed E-state index contributed by atoms with van der Waals surface area (Å²) in [6, 6.07) is 0. The minimum atomic E-state index is -2.11. The molecule has 0 aromatic rings. The summed E-state index contributed by atoms with van der Waals surface area (Å²) < 4.78 is 22.0. The number of hydrogen-bond acceptors (Lipinski definition) is 10. The summed E-state index contributed by atoms with van der Waals surface area (Å²) in [6.45, 7) is 3.75. The quantitative estimate of drug-likeness (QED) is 0.334.